The zero-order valence-corrected chi connectivity index (χ0v) is 14.8. The first kappa shape index (κ1) is 19.3. The molecule has 1 aromatic carbocycles. The van der Waals surface area contributed by atoms with Gasteiger partial charge in [-0.25, -0.2) is 4.79 Å². The molecule has 0 saturated carbocycles. The lowest BCUT2D eigenvalue weighted by molar-refractivity contribution is -0.137. The minimum absolute atomic E-state index is 0.117. The fraction of sp³-hybridized carbons (Fsp3) is 0.412. The Bertz CT molecular complexity index is 790. The molecule has 4 nitrogen and oxygen atoms in total. The van der Waals surface area contributed by atoms with Crippen molar-refractivity contribution in [2.45, 2.75) is 26.9 Å². The highest BCUT2D eigenvalue weighted by molar-refractivity contribution is 6.32. The van der Waals surface area contributed by atoms with Crippen molar-refractivity contribution in [2.75, 3.05) is 24.6 Å². The van der Waals surface area contributed by atoms with Crippen molar-refractivity contribution in [3.05, 3.63) is 34.5 Å². The molecule has 2 aromatic rings. The topological polar surface area (TPSA) is 42.4 Å². The molecular weight excluding hydrogens is 357 g/mol. The number of hydrogen-bond acceptors (Lipinski definition) is 4. The Morgan fingerprint density at radius 1 is 1.24 bits per heavy atom. The summed E-state index contributed by atoms with van der Waals surface area (Å²) in [6.07, 6.45) is -3.33. The summed E-state index contributed by atoms with van der Waals surface area (Å²) in [6.45, 7) is 6.74. The maximum absolute atomic E-state index is 13.1. The van der Waals surface area contributed by atoms with Gasteiger partial charge in [0.15, 0.2) is 0 Å². The molecule has 0 radical (unpaired) electrons. The van der Waals surface area contributed by atoms with Crippen LogP contribution in [0.3, 0.4) is 0 Å². The van der Waals surface area contributed by atoms with Crippen molar-refractivity contribution in [1.82, 2.24) is 4.98 Å². The quantitative estimate of drug-likeness (QED) is 0.696. The van der Waals surface area contributed by atoms with Crippen molar-refractivity contribution in [2.24, 2.45) is 0 Å². The number of pyridine rings is 1. The molecule has 8 heteroatoms. The number of benzene rings is 1. The monoisotopic (exact) mass is 374 g/mol. The molecule has 0 atom stereocenters. The molecule has 0 unspecified atom stereocenters. The molecule has 2 rings (SSSR count). The van der Waals surface area contributed by atoms with Crippen molar-refractivity contribution in [1.29, 1.82) is 0 Å². The predicted molar refractivity (Wildman–Crippen MR) is 91.3 cm³/mol. The number of halogens is 4. The number of anilines is 1. The summed E-state index contributed by atoms with van der Waals surface area (Å²) in [5.41, 5.74) is -0.159. The van der Waals surface area contributed by atoms with E-state index in [2.05, 4.69) is 4.98 Å². The van der Waals surface area contributed by atoms with E-state index in [1.54, 1.807) is 6.92 Å². The fourth-order valence-electron chi connectivity index (χ4n) is 2.65. The summed E-state index contributed by atoms with van der Waals surface area (Å²) in [4.78, 5) is 18.1. The Labute approximate surface area is 148 Å². The maximum Gasteiger partial charge on any atom is 0.417 e. The zero-order chi connectivity index (χ0) is 18.8. The van der Waals surface area contributed by atoms with Crippen LogP contribution in [0.15, 0.2) is 18.3 Å². The van der Waals surface area contributed by atoms with E-state index in [4.69, 9.17) is 16.3 Å². The normalized spacial score (nSPS) is 11.6. The molecule has 0 bridgehead atoms. The van der Waals surface area contributed by atoms with Crippen LogP contribution in [-0.2, 0) is 10.9 Å². The van der Waals surface area contributed by atoms with Gasteiger partial charge in [-0.2, -0.15) is 13.2 Å². The average molecular weight is 375 g/mol. The highest BCUT2D eigenvalue weighted by Crippen LogP contribution is 2.39. The standard InChI is InChI=1S/C17H18ClF3N2O2/c1-4-23(5-2)15-10-7-13(18)12(17(19,20)21)8-14(10)22-9-11(15)16(24)25-6-3/h7-9H,4-6H2,1-3H3. The van der Waals surface area contributed by atoms with Crippen LogP contribution >= 0.6 is 11.6 Å². The highest BCUT2D eigenvalue weighted by atomic mass is 35.5. The third-order valence-corrected chi connectivity index (χ3v) is 4.12. The van der Waals surface area contributed by atoms with Gasteiger partial charge in [0.1, 0.15) is 5.56 Å². The molecule has 1 heterocycles. The first-order chi connectivity index (χ1) is 11.7. The van der Waals surface area contributed by atoms with Gasteiger partial charge in [-0.1, -0.05) is 11.6 Å². The van der Waals surface area contributed by atoms with Crippen LogP contribution in [0, 0.1) is 0 Å². The Morgan fingerprint density at radius 2 is 1.88 bits per heavy atom. The average Bonchev–Trinajstić information content (AvgIpc) is 2.54. The van der Waals surface area contributed by atoms with Crippen molar-refractivity contribution in [3.8, 4) is 0 Å². The van der Waals surface area contributed by atoms with Crippen LogP contribution in [0.5, 0.6) is 0 Å². The summed E-state index contributed by atoms with van der Waals surface area (Å²) in [5.74, 6) is -0.574. The largest absolute Gasteiger partial charge is 0.462 e. The number of alkyl halides is 3. The molecule has 0 aliphatic rings. The number of rotatable bonds is 5. The lowest BCUT2D eigenvalue weighted by Gasteiger charge is -2.25. The minimum atomic E-state index is -4.58. The van der Waals surface area contributed by atoms with E-state index in [-0.39, 0.29) is 17.7 Å². The van der Waals surface area contributed by atoms with Gasteiger partial charge in [-0.3, -0.25) is 4.98 Å². The highest BCUT2D eigenvalue weighted by Gasteiger charge is 2.34. The minimum Gasteiger partial charge on any atom is -0.462 e. The molecule has 25 heavy (non-hydrogen) atoms. The lowest BCUT2D eigenvalue weighted by Crippen LogP contribution is -2.25. The number of nitrogens with zero attached hydrogens (tertiary/aromatic N) is 2. The fourth-order valence-corrected chi connectivity index (χ4v) is 2.93. The Balaban J connectivity index is 2.80. The van der Waals surface area contributed by atoms with E-state index >= 15 is 0 Å². The Kier molecular flexibility index (Phi) is 5.77. The van der Waals surface area contributed by atoms with Gasteiger partial charge in [0.2, 0.25) is 0 Å². The van der Waals surface area contributed by atoms with E-state index in [1.807, 2.05) is 18.7 Å². The number of carbonyl (C=O) groups excluding carboxylic acids is 1. The summed E-state index contributed by atoms with van der Waals surface area (Å²) in [7, 11) is 0. The first-order valence-corrected chi connectivity index (χ1v) is 8.23. The SMILES string of the molecule is CCOC(=O)c1cnc2cc(C(F)(F)F)c(Cl)cc2c1N(CC)CC. The van der Waals surface area contributed by atoms with Crippen molar-refractivity contribution in [3.63, 3.8) is 0 Å². The third-order valence-electron chi connectivity index (χ3n) is 3.81. The zero-order valence-electron chi connectivity index (χ0n) is 14.1. The van der Waals surface area contributed by atoms with Gasteiger partial charge >= 0.3 is 12.1 Å². The van der Waals surface area contributed by atoms with Crippen LogP contribution in [0.25, 0.3) is 10.9 Å². The summed E-state index contributed by atoms with van der Waals surface area (Å²) in [5, 5.41) is -0.0523. The first-order valence-electron chi connectivity index (χ1n) is 7.86. The van der Waals surface area contributed by atoms with Crippen LogP contribution in [0.2, 0.25) is 5.02 Å². The predicted octanol–water partition coefficient (Wildman–Crippen LogP) is 4.93. The van der Waals surface area contributed by atoms with E-state index < -0.39 is 22.7 Å². The molecule has 0 N–H and O–H groups in total. The molecule has 0 spiro atoms. The van der Waals surface area contributed by atoms with Gasteiger partial charge in [0.05, 0.1) is 28.4 Å². The second-order valence-corrected chi connectivity index (χ2v) is 5.67. The summed E-state index contributed by atoms with van der Waals surface area (Å²) < 4.78 is 44.3. The van der Waals surface area contributed by atoms with Crippen LogP contribution in [-0.4, -0.2) is 30.6 Å². The van der Waals surface area contributed by atoms with Gasteiger partial charge in [-0.15, -0.1) is 0 Å². The molecule has 1 aromatic heterocycles. The van der Waals surface area contributed by atoms with Crippen LogP contribution in [0.1, 0.15) is 36.7 Å². The van der Waals surface area contributed by atoms with Crippen LogP contribution < -0.4 is 4.90 Å². The van der Waals surface area contributed by atoms with Crippen molar-refractivity contribution >= 4 is 34.2 Å². The lowest BCUT2D eigenvalue weighted by atomic mass is 10.0. The molecular formula is C17H18ClF3N2O2. The van der Waals surface area contributed by atoms with E-state index in [9.17, 15) is 18.0 Å². The number of carbonyl (C=O) groups is 1. The molecule has 0 amide bonds. The van der Waals surface area contributed by atoms with E-state index in [0.717, 1.165) is 6.07 Å². The molecule has 0 fully saturated rings. The number of ether oxygens (including phenoxy) is 1. The molecule has 0 saturated heterocycles. The summed E-state index contributed by atoms with van der Waals surface area (Å²) in [6, 6.07) is 2.11. The van der Waals surface area contributed by atoms with Crippen LogP contribution in [0.4, 0.5) is 18.9 Å². The summed E-state index contributed by atoms with van der Waals surface area (Å²) >= 11 is 5.86. The number of fused-ring (bicyclic) bond motifs is 1. The number of aromatic nitrogens is 1. The number of esters is 1. The Morgan fingerprint density at radius 3 is 2.40 bits per heavy atom. The van der Waals surface area contributed by atoms with E-state index in [0.29, 0.717) is 24.2 Å². The van der Waals surface area contributed by atoms with Gasteiger partial charge in [-0.05, 0) is 32.9 Å². The molecule has 0 aliphatic carbocycles. The van der Waals surface area contributed by atoms with E-state index in [1.165, 1.54) is 12.3 Å². The number of hydrogen-bond donors (Lipinski definition) is 0. The third kappa shape index (κ3) is 3.81. The van der Waals surface area contributed by atoms with Crippen molar-refractivity contribution < 1.29 is 22.7 Å². The van der Waals surface area contributed by atoms with Gasteiger partial charge < -0.3 is 9.64 Å². The smallest absolute Gasteiger partial charge is 0.417 e. The van der Waals surface area contributed by atoms with Gasteiger partial charge in [0.25, 0.3) is 0 Å². The maximum atomic E-state index is 13.1. The second-order valence-electron chi connectivity index (χ2n) is 5.26. The van der Waals surface area contributed by atoms with Gasteiger partial charge in [0, 0.05) is 24.7 Å². The Hall–Kier alpha value is -2.02. The molecule has 0 aliphatic heterocycles. The second kappa shape index (κ2) is 7.47. The molecule has 136 valence electrons.